The van der Waals surface area contributed by atoms with Crippen LogP contribution in [0.25, 0.3) is 5.70 Å². The van der Waals surface area contributed by atoms with Gasteiger partial charge in [0, 0.05) is 36.3 Å². The number of aromatic nitrogens is 1. The van der Waals surface area contributed by atoms with Gasteiger partial charge in [-0.2, -0.15) is 0 Å². The maximum absolute atomic E-state index is 5.01. The lowest BCUT2D eigenvalue weighted by atomic mass is 9.88. The van der Waals surface area contributed by atoms with Gasteiger partial charge < -0.3 is 9.88 Å². The first kappa shape index (κ1) is 24.2. The predicted molar refractivity (Wildman–Crippen MR) is 145 cm³/mol. The van der Waals surface area contributed by atoms with E-state index in [2.05, 4.69) is 90.9 Å². The van der Waals surface area contributed by atoms with Gasteiger partial charge in [-0.15, -0.1) is 0 Å². The number of nitrogens with zero attached hydrogens (tertiary/aromatic N) is 3. The summed E-state index contributed by atoms with van der Waals surface area (Å²) < 4.78 is 0. The number of rotatable bonds is 9. The molecule has 4 heteroatoms. The molecule has 1 unspecified atom stereocenters. The molecule has 1 aliphatic heterocycles. The molecule has 1 aliphatic rings. The summed E-state index contributed by atoms with van der Waals surface area (Å²) in [5.74, 6) is 1.48. The van der Waals surface area contributed by atoms with Crippen molar-refractivity contribution in [3.8, 4) is 0 Å². The van der Waals surface area contributed by atoms with E-state index in [4.69, 9.17) is 4.99 Å². The van der Waals surface area contributed by atoms with Gasteiger partial charge >= 0.3 is 0 Å². The molecule has 0 saturated heterocycles. The molecule has 33 heavy (non-hydrogen) atoms. The highest BCUT2D eigenvalue weighted by Gasteiger charge is 2.19. The summed E-state index contributed by atoms with van der Waals surface area (Å²) in [6.45, 7) is 13.2. The van der Waals surface area contributed by atoms with Crippen LogP contribution in [0.4, 0.5) is 11.5 Å². The first-order valence-corrected chi connectivity index (χ1v) is 11.7. The van der Waals surface area contributed by atoms with E-state index >= 15 is 0 Å². The van der Waals surface area contributed by atoms with Gasteiger partial charge in [-0.25, -0.2) is 0 Å². The zero-order valence-corrected chi connectivity index (χ0v) is 20.6. The van der Waals surface area contributed by atoms with Crippen LogP contribution in [0.1, 0.15) is 63.1 Å². The van der Waals surface area contributed by atoms with Crippen molar-refractivity contribution in [3.63, 3.8) is 0 Å². The summed E-state index contributed by atoms with van der Waals surface area (Å²) in [6.07, 6.45) is 16.3. The number of aromatic amines is 1. The van der Waals surface area contributed by atoms with Crippen molar-refractivity contribution in [1.82, 2.24) is 4.98 Å². The van der Waals surface area contributed by atoms with Crippen LogP contribution < -0.4 is 4.90 Å². The number of hydrogen-bond acceptors (Lipinski definition) is 3. The van der Waals surface area contributed by atoms with Gasteiger partial charge in [0.15, 0.2) is 0 Å². The summed E-state index contributed by atoms with van der Waals surface area (Å²) in [4.78, 5) is 15.1. The topological polar surface area (TPSA) is 43.8 Å². The Morgan fingerprint density at radius 2 is 2.15 bits per heavy atom. The van der Waals surface area contributed by atoms with E-state index in [1.54, 1.807) is 0 Å². The van der Waals surface area contributed by atoms with Gasteiger partial charge in [0.25, 0.3) is 0 Å². The van der Waals surface area contributed by atoms with Gasteiger partial charge in [0.05, 0.1) is 12.2 Å². The Hall–Kier alpha value is -3.40. The molecule has 2 heterocycles. The Morgan fingerprint density at radius 1 is 1.33 bits per heavy atom. The minimum absolute atomic E-state index is 0.434. The SMILES string of the molecule is C=C/C(=C/C=C\C)CC(CC)c1cccc(/C(=C/C)N=C(C)c2c[nH]c3c2N=CCN3C)c1. The van der Waals surface area contributed by atoms with E-state index in [1.807, 2.05) is 32.3 Å². The Balaban J connectivity index is 1.89. The summed E-state index contributed by atoms with van der Waals surface area (Å²) >= 11 is 0. The molecule has 4 nitrogen and oxygen atoms in total. The van der Waals surface area contributed by atoms with Crippen LogP contribution in [-0.2, 0) is 0 Å². The average molecular weight is 441 g/mol. The average Bonchev–Trinajstić information content (AvgIpc) is 3.28. The molecule has 0 radical (unpaired) electrons. The molecule has 0 bridgehead atoms. The fraction of sp³-hybridized carbons (Fsp3) is 0.310. The van der Waals surface area contributed by atoms with E-state index in [0.717, 1.165) is 53.4 Å². The van der Waals surface area contributed by atoms with Crippen molar-refractivity contribution in [3.05, 3.63) is 89.7 Å². The Labute approximate surface area is 198 Å². The van der Waals surface area contributed by atoms with Crippen LogP contribution in [0.15, 0.2) is 83.0 Å². The summed E-state index contributed by atoms with van der Waals surface area (Å²) in [5, 5.41) is 0. The molecule has 0 amide bonds. The monoisotopic (exact) mass is 440 g/mol. The molecule has 0 fully saturated rings. The lowest BCUT2D eigenvalue weighted by Gasteiger charge is -2.19. The number of aliphatic imine (C=N–C) groups is 2. The summed E-state index contributed by atoms with van der Waals surface area (Å²) in [6, 6.07) is 8.80. The van der Waals surface area contributed by atoms with Crippen LogP contribution in [0.2, 0.25) is 0 Å². The smallest absolute Gasteiger partial charge is 0.133 e. The highest BCUT2D eigenvalue weighted by molar-refractivity contribution is 6.08. The first-order chi connectivity index (χ1) is 16.0. The van der Waals surface area contributed by atoms with Crippen LogP contribution in [0, 0.1) is 0 Å². The lowest BCUT2D eigenvalue weighted by molar-refractivity contribution is 0.662. The van der Waals surface area contributed by atoms with E-state index in [-0.39, 0.29) is 0 Å². The van der Waals surface area contributed by atoms with Crippen LogP contribution in [-0.4, -0.2) is 30.5 Å². The second kappa shape index (κ2) is 11.5. The third kappa shape index (κ3) is 5.70. The van der Waals surface area contributed by atoms with Crippen molar-refractivity contribution < 1.29 is 0 Å². The number of nitrogens with one attached hydrogen (secondary N) is 1. The molecule has 1 aromatic heterocycles. The molecule has 172 valence electrons. The standard InChI is InChI=1S/C29H36N4/c1-7-11-13-22(8-2)18-23(9-3)24-14-12-15-25(19-24)27(10-4)32-21(5)26-20-31-29-28(26)30-16-17-33(29)6/h7-8,10-16,19-20,23,31H,2,9,17-18H2,1,3-6H3/b11-7-,22-13-,27-10-,32-21?. The van der Waals surface area contributed by atoms with Crippen LogP contribution >= 0.6 is 0 Å². The van der Waals surface area contributed by atoms with Gasteiger partial charge in [0.1, 0.15) is 11.5 Å². The summed E-state index contributed by atoms with van der Waals surface area (Å²) in [5.41, 5.74) is 7.66. The van der Waals surface area contributed by atoms with Crippen molar-refractivity contribution in [2.24, 2.45) is 9.98 Å². The normalized spacial score (nSPS) is 15.8. The molecule has 0 spiro atoms. The zero-order valence-electron chi connectivity index (χ0n) is 20.6. The number of fused-ring (bicyclic) bond motifs is 1. The second-order valence-electron chi connectivity index (χ2n) is 8.37. The van der Waals surface area contributed by atoms with Crippen LogP contribution in [0.5, 0.6) is 0 Å². The molecular weight excluding hydrogens is 404 g/mol. The van der Waals surface area contributed by atoms with Gasteiger partial charge in [-0.3, -0.25) is 9.98 Å². The maximum atomic E-state index is 5.01. The molecule has 1 atom stereocenters. The third-order valence-electron chi connectivity index (χ3n) is 6.14. The minimum atomic E-state index is 0.434. The van der Waals surface area contributed by atoms with Crippen LogP contribution in [0.3, 0.4) is 0 Å². The Morgan fingerprint density at radius 3 is 2.85 bits per heavy atom. The fourth-order valence-corrected chi connectivity index (χ4v) is 4.16. The second-order valence-corrected chi connectivity index (χ2v) is 8.37. The van der Waals surface area contributed by atoms with Crippen molar-refractivity contribution in [2.75, 3.05) is 18.5 Å². The molecule has 1 N–H and O–H groups in total. The quantitative estimate of drug-likeness (QED) is 0.316. The largest absolute Gasteiger partial charge is 0.354 e. The highest BCUT2D eigenvalue weighted by Crippen LogP contribution is 2.34. The molecule has 1 aromatic carbocycles. The summed E-state index contributed by atoms with van der Waals surface area (Å²) in [7, 11) is 2.06. The number of H-pyrrole nitrogens is 1. The molecule has 0 aliphatic carbocycles. The molecule has 2 aromatic rings. The van der Waals surface area contributed by atoms with Crippen molar-refractivity contribution >= 4 is 29.1 Å². The van der Waals surface area contributed by atoms with E-state index < -0.39 is 0 Å². The van der Waals surface area contributed by atoms with Gasteiger partial charge in [-0.1, -0.05) is 62.1 Å². The Kier molecular flexibility index (Phi) is 8.42. The zero-order chi connectivity index (χ0) is 23.8. The third-order valence-corrected chi connectivity index (χ3v) is 6.14. The number of benzene rings is 1. The number of allylic oxidation sites excluding steroid dienone is 6. The van der Waals surface area contributed by atoms with E-state index in [9.17, 15) is 0 Å². The lowest BCUT2D eigenvalue weighted by Crippen LogP contribution is -2.22. The first-order valence-electron chi connectivity index (χ1n) is 11.7. The highest BCUT2D eigenvalue weighted by atomic mass is 15.2. The predicted octanol–water partition coefficient (Wildman–Crippen LogP) is 7.61. The molecule has 3 rings (SSSR count). The van der Waals surface area contributed by atoms with Crippen molar-refractivity contribution in [2.45, 2.75) is 46.5 Å². The number of anilines is 1. The minimum Gasteiger partial charge on any atom is -0.354 e. The van der Waals surface area contributed by atoms with Gasteiger partial charge in [-0.05, 0) is 56.7 Å². The van der Waals surface area contributed by atoms with E-state index in [0.29, 0.717) is 5.92 Å². The Bertz CT molecular complexity index is 1120. The number of hydrogen-bond donors (Lipinski definition) is 1. The van der Waals surface area contributed by atoms with E-state index in [1.165, 1.54) is 11.1 Å². The molecule has 0 saturated carbocycles. The fourth-order valence-electron chi connectivity index (χ4n) is 4.16. The maximum Gasteiger partial charge on any atom is 0.133 e. The molecular formula is C29H36N4. The van der Waals surface area contributed by atoms with Gasteiger partial charge in [0.2, 0.25) is 0 Å². The van der Waals surface area contributed by atoms with Crippen molar-refractivity contribution in [1.29, 1.82) is 0 Å².